The fourth-order valence-electron chi connectivity index (χ4n) is 3.08. The zero-order chi connectivity index (χ0) is 19.4. The molecular weight excluding hydrogens is 413 g/mol. The van der Waals surface area contributed by atoms with E-state index in [9.17, 15) is 14.0 Å². The van der Waals surface area contributed by atoms with Gasteiger partial charge in [0.15, 0.2) is 0 Å². The summed E-state index contributed by atoms with van der Waals surface area (Å²) in [7, 11) is 1.37. The van der Waals surface area contributed by atoms with Crippen molar-refractivity contribution in [3.63, 3.8) is 0 Å². The van der Waals surface area contributed by atoms with Crippen LogP contribution in [-0.2, 0) is 16.0 Å². The first-order chi connectivity index (χ1) is 13.0. The molecule has 2 aromatic carbocycles. The Bertz CT molecular complexity index is 1030. The molecule has 0 saturated carbocycles. The lowest BCUT2D eigenvalue weighted by Crippen LogP contribution is -2.22. The summed E-state index contributed by atoms with van der Waals surface area (Å²) in [6.07, 6.45) is 2.36. The van der Waals surface area contributed by atoms with Gasteiger partial charge in [0.2, 0.25) is 0 Å². The average molecular weight is 432 g/mol. The van der Waals surface area contributed by atoms with Gasteiger partial charge in [-0.15, -0.1) is 0 Å². The van der Waals surface area contributed by atoms with E-state index >= 15 is 0 Å². The number of methoxy groups -OCH3 is 1. The largest absolute Gasteiger partial charge is 0.469 e. The first-order valence-corrected chi connectivity index (χ1v) is 9.46. The first-order valence-electron chi connectivity index (χ1n) is 8.66. The van der Waals surface area contributed by atoms with Gasteiger partial charge in [0.1, 0.15) is 5.82 Å². The highest BCUT2D eigenvalue weighted by atomic mass is 79.9. The topological polar surface area (TPSA) is 48.3 Å². The number of esters is 1. The molecule has 0 aliphatic heterocycles. The van der Waals surface area contributed by atoms with Gasteiger partial charge in [-0.2, -0.15) is 0 Å². The minimum atomic E-state index is -0.351. The molecule has 0 atom stereocenters. The summed E-state index contributed by atoms with van der Waals surface area (Å²) in [5, 5.41) is 1.44. The highest BCUT2D eigenvalue weighted by Gasteiger charge is 2.12. The molecule has 6 heteroatoms. The maximum atomic E-state index is 13.3. The first kappa shape index (κ1) is 19.3. The van der Waals surface area contributed by atoms with E-state index in [0.717, 1.165) is 22.0 Å². The molecule has 1 aromatic heterocycles. The van der Waals surface area contributed by atoms with Crippen LogP contribution in [0, 0.1) is 5.82 Å². The number of aryl methyl sites for hydroxylation is 1. The maximum Gasteiger partial charge on any atom is 0.305 e. The second-order valence-electron chi connectivity index (χ2n) is 6.27. The number of aromatic nitrogens is 1. The Morgan fingerprint density at radius 3 is 2.56 bits per heavy atom. The van der Waals surface area contributed by atoms with Crippen molar-refractivity contribution in [2.75, 3.05) is 7.11 Å². The number of carbonyl (C=O) groups excluding carboxylic acids is 1. The van der Waals surface area contributed by atoms with Crippen molar-refractivity contribution < 1.29 is 13.9 Å². The van der Waals surface area contributed by atoms with Crippen molar-refractivity contribution in [3.05, 3.63) is 74.9 Å². The third-order valence-electron chi connectivity index (χ3n) is 4.43. The van der Waals surface area contributed by atoms with E-state index in [2.05, 4.69) is 20.7 Å². The molecule has 0 N–H and O–H groups in total. The van der Waals surface area contributed by atoms with E-state index in [1.165, 1.54) is 19.2 Å². The molecule has 1 heterocycles. The summed E-state index contributed by atoms with van der Waals surface area (Å²) in [4.78, 5) is 24.4. The molecule has 0 spiro atoms. The summed E-state index contributed by atoms with van der Waals surface area (Å²) < 4.78 is 20.5. The summed E-state index contributed by atoms with van der Waals surface area (Å²) in [5.41, 5.74) is 1.30. The third-order valence-corrected chi connectivity index (χ3v) is 4.93. The second-order valence-corrected chi connectivity index (χ2v) is 7.18. The molecule has 0 unspecified atom stereocenters. The number of hydrogen-bond donors (Lipinski definition) is 0. The van der Waals surface area contributed by atoms with Gasteiger partial charge in [0, 0.05) is 27.7 Å². The molecular formula is C21H19BrFNO3. The van der Waals surface area contributed by atoms with Crippen LogP contribution in [0.25, 0.3) is 16.5 Å². The minimum Gasteiger partial charge on any atom is -0.469 e. The van der Waals surface area contributed by atoms with Crippen molar-refractivity contribution in [2.24, 2.45) is 0 Å². The standard InChI is InChI=1S/C21H19BrFNO3/c1-27-20(25)5-3-2-4-18-13-14-12-15(22)6-11-19(14)21(26)24(18)17-9-7-16(23)8-10-17/h6-13H,2-5H2,1H3. The molecule has 140 valence electrons. The van der Waals surface area contributed by atoms with Crippen LogP contribution in [0.2, 0.25) is 0 Å². The monoisotopic (exact) mass is 431 g/mol. The van der Waals surface area contributed by atoms with Crippen LogP contribution in [0.5, 0.6) is 0 Å². The van der Waals surface area contributed by atoms with Gasteiger partial charge >= 0.3 is 5.97 Å². The summed E-state index contributed by atoms with van der Waals surface area (Å²) in [6, 6.07) is 13.4. The van der Waals surface area contributed by atoms with E-state index in [-0.39, 0.29) is 17.3 Å². The van der Waals surface area contributed by atoms with Crippen LogP contribution in [-0.4, -0.2) is 17.6 Å². The van der Waals surface area contributed by atoms with Crippen molar-refractivity contribution in [1.29, 1.82) is 0 Å². The molecule has 4 nitrogen and oxygen atoms in total. The Labute approximate surface area is 164 Å². The normalized spacial score (nSPS) is 10.9. The minimum absolute atomic E-state index is 0.144. The van der Waals surface area contributed by atoms with E-state index in [1.807, 2.05) is 18.2 Å². The van der Waals surface area contributed by atoms with E-state index in [1.54, 1.807) is 22.8 Å². The zero-order valence-electron chi connectivity index (χ0n) is 14.9. The number of halogens is 2. The summed E-state index contributed by atoms with van der Waals surface area (Å²) >= 11 is 3.44. The van der Waals surface area contributed by atoms with Crippen LogP contribution in [0.3, 0.4) is 0 Å². The number of rotatable bonds is 6. The smallest absolute Gasteiger partial charge is 0.305 e. The highest BCUT2D eigenvalue weighted by Crippen LogP contribution is 2.22. The summed E-state index contributed by atoms with van der Waals surface area (Å²) in [6.45, 7) is 0. The second kappa shape index (κ2) is 8.48. The van der Waals surface area contributed by atoms with Crippen LogP contribution < -0.4 is 5.56 Å². The lowest BCUT2D eigenvalue weighted by Gasteiger charge is -2.15. The number of hydrogen-bond acceptors (Lipinski definition) is 3. The van der Waals surface area contributed by atoms with Gasteiger partial charge in [-0.25, -0.2) is 4.39 Å². The molecule has 0 aliphatic carbocycles. The van der Waals surface area contributed by atoms with Gasteiger partial charge in [-0.05, 0) is 73.2 Å². The average Bonchev–Trinajstić information content (AvgIpc) is 2.66. The van der Waals surface area contributed by atoms with Gasteiger partial charge in [-0.3, -0.25) is 14.2 Å². The Morgan fingerprint density at radius 1 is 1.11 bits per heavy atom. The van der Waals surface area contributed by atoms with Crippen molar-refractivity contribution in [3.8, 4) is 5.69 Å². The molecule has 0 radical (unpaired) electrons. The van der Waals surface area contributed by atoms with Crippen LogP contribution >= 0.6 is 15.9 Å². The van der Waals surface area contributed by atoms with Crippen LogP contribution in [0.4, 0.5) is 4.39 Å². The van der Waals surface area contributed by atoms with Gasteiger partial charge in [0.05, 0.1) is 7.11 Å². The lowest BCUT2D eigenvalue weighted by atomic mass is 10.1. The quantitative estimate of drug-likeness (QED) is 0.416. The van der Waals surface area contributed by atoms with Crippen molar-refractivity contribution in [1.82, 2.24) is 4.57 Å². The van der Waals surface area contributed by atoms with Crippen LogP contribution in [0.15, 0.2) is 57.8 Å². The van der Waals surface area contributed by atoms with E-state index < -0.39 is 0 Å². The fraction of sp³-hybridized carbons (Fsp3) is 0.238. The fourth-order valence-corrected chi connectivity index (χ4v) is 3.46. The SMILES string of the molecule is COC(=O)CCCCc1cc2cc(Br)ccc2c(=O)n1-c1ccc(F)cc1. The number of unbranched alkanes of at least 4 members (excludes halogenated alkanes) is 1. The van der Waals surface area contributed by atoms with Crippen LogP contribution in [0.1, 0.15) is 25.0 Å². The number of carbonyl (C=O) groups is 1. The maximum absolute atomic E-state index is 13.3. The number of ether oxygens (including phenoxy) is 1. The number of benzene rings is 2. The molecule has 0 aliphatic rings. The number of nitrogens with zero attached hydrogens (tertiary/aromatic N) is 1. The molecule has 27 heavy (non-hydrogen) atoms. The Balaban J connectivity index is 2.02. The molecule has 0 saturated heterocycles. The molecule has 3 aromatic rings. The molecule has 0 bridgehead atoms. The zero-order valence-corrected chi connectivity index (χ0v) is 16.5. The predicted octanol–water partition coefficient (Wildman–Crippen LogP) is 4.78. The Hall–Kier alpha value is -2.47. The number of pyridine rings is 1. The number of fused-ring (bicyclic) bond motifs is 1. The Morgan fingerprint density at radius 2 is 1.85 bits per heavy atom. The van der Waals surface area contributed by atoms with Gasteiger partial charge < -0.3 is 4.74 Å². The molecule has 0 fully saturated rings. The summed E-state index contributed by atoms with van der Waals surface area (Å²) in [5.74, 6) is -0.593. The van der Waals surface area contributed by atoms with Gasteiger partial charge in [-0.1, -0.05) is 15.9 Å². The van der Waals surface area contributed by atoms with E-state index in [0.29, 0.717) is 30.3 Å². The van der Waals surface area contributed by atoms with E-state index in [4.69, 9.17) is 0 Å². The molecule has 0 amide bonds. The third kappa shape index (κ3) is 4.45. The lowest BCUT2D eigenvalue weighted by molar-refractivity contribution is -0.140. The van der Waals surface area contributed by atoms with Crippen molar-refractivity contribution in [2.45, 2.75) is 25.7 Å². The Kier molecular flexibility index (Phi) is 6.06. The van der Waals surface area contributed by atoms with Crippen molar-refractivity contribution >= 4 is 32.7 Å². The highest BCUT2D eigenvalue weighted by molar-refractivity contribution is 9.10. The van der Waals surface area contributed by atoms with Gasteiger partial charge in [0.25, 0.3) is 5.56 Å². The predicted molar refractivity (Wildman–Crippen MR) is 107 cm³/mol. The molecule has 3 rings (SSSR count).